The van der Waals surface area contributed by atoms with Crippen molar-refractivity contribution >= 4 is 0 Å². The summed E-state index contributed by atoms with van der Waals surface area (Å²) >= 11 is 0. The molecule has 4 nitrogen and oxygen atoms in total. The zero-order valence-corrected chi connectivity index (χ0v) is 12.3. The first-order valence-corrected chi connectivity index (χ1v) is 7.53. The molecule has 116 valence electrons. The van der Waals surface area contributed by atoms with Crippen LogP contribution in [-0.2, 0) is 6.42 Å². The lowest BCUT2D eigenvalue weighted by Gasteiger charge is -2.17. The number of aryl methyl sites for hydroxylation is 1. The van der Waals surface area contributed by atoms with Crippen molar-refractivity contribution in [3.63, 3.8) is 0 Å². The van der Waals surface area contributed by atoms with E-state index in [-0.39, 0.29) is 31.0 Å². The number of aromatic hydroxyl groups is 1. The number of hydrogen-bond donors (Lipinski definition) is 3. The number of aliphatic hydroxyl groups is 2. The maximum atomic E-state index is 9.80. The molecule has 0 saturated carbocycles. The molecule has 1 aliphatic heterocycles. The summed E-state index contributed by atoms with van der Waals surface area (Å²) in [5.41, 5.74) is 3.09. The molecule has 0 fully saturated rings. The smallest absolute Gasteiger partial charge is 0.133 e. The molecule has 2 aromatic carbocycles. The van der Waals surface area contributed by atoms with Gasteiger partial charge in [-0.15, -0.1) is 0 Å². The van der Waals surface area contributed by atoms with E-state index in [1.165, 1.54) is 0 Å². The summed E-state index contributed by atoms with van der Waals surface area (Å²) < 4.78 is 6.00. The molecule has 0 bridgehead atoms. The van der Waals surface area contributed by atoms with Crippen molar-refractivity contribution in [2.24, 2.45) is 0 Å². The average molecular weight is 300 g/mol. The van der Waals surface area contributed by atoms with Crippen molar-refractivity contribution in [2.75, 3.05) is 13.2 Å². The fourth-order valence-electron chi connectivity index (χ4n) is 2.97. The fraction of sp³-hybridized carbons (Fsp3) is 0.333. The quantitative estimate of drug-likeness (QED) is 0.793. The molecule has 0 saturated heterocycles. The Hall–Kier alpha value is -2.04. The van der Waals surface area contributed by atoms with Crippen molar-refractivity contribution in [1.29, 1.82) is 0 Å². The second-order valence-electron chi connectivity index (χ2n) is 5.62. The molecular formula is C18H20O4. The van der Waals surface area contributed by atoms with Gasteiger partial charge in [-0.1, -0.05) is 24.3 Å². The Morgan fingerprint density at radius 2 is 1.77 bits per heavy atom. The summed E-state index contributed by atoms with van der Waals surface area (Å²) in [5, 5.41) is 28.1. The summed E-state index contributed by atoms with van der Waals surface area (Å²) in [6, 6.07) is 12.9. The van der Waals surface area contributed by atoms with Gasteiger partial charge in [0.2, 0.25) is 0 Å². The second-order valence-corrected chi connectivity index (χ2v) is 5.62. The predicted molar refractivity (Wildman–Crippen MR) is 83.2 cm³/mol. The number of benzene rings is 2. The Labute approximate surface area is 129 Å². The molecule has 0 amide bonds. The molecule has 4 heteroatoms. The first kappa shape index (κ1) is 14.9. The zero-order chi connectivity index (χ0) is 15.5. The van der Waals surface area contributed by atoms with E-state index in [0.29, 0.717) is 0 Å². The standard InChI is InChI=1S/C18H20O4/c19-9-1-2-12-3-8-17-15(10-12)16(11-20)18(22-17)13-4-6-14(21)7-5-13/h3-8,10,16,18-21H,1-2,9,11H2/t16-,18+/m0/s1. The van der Waals surface area contributed by atoms with Crippen LogP contribution in [0.5, 0.6) is 11.5 Å². The van der Waals surface area contributed by atoms with Gasteiger partial charge >= 0.3 is 0 Å². The van der Waals surface area contributed by atoms with Gasteiger partial charge in [0.1, 0.15) is 17.6 Å². The number of phenols is 1. The van der Waals surface area contributed by atoms with Crippen molar-refractivity contribution < 1.29 is 20.1 Å². The van der Waals surface area contributed by atoms with Gasteiger partial charge in [0.05, 0.1) is 12.5 Å². The fourth-order valence-corrected chi connectivity index (χ4v) is 2.97. The van der Waals surface area contributed by atoms with E-state index in [4.69, 9.17) is 9.84 Å². The lowest BCUT2D eigenvalue weighted by molar-refractivity contribution is 0.160. The monoisotopic (exact) mass is 300 g/mol. The summed E-state index contributed by atoms with van der Waals surface area (Å²) in [6.07, 6.45) is 1.30. The van der Waals surface area contributed by atoms with E-state index in [1.54, 1.807) is 12.1 Å². The number of fused-ring (bicyclic) bond motifs is 1. The van der Waals surface area contributed by atoms with Crippen molar-refractivity contribution in [2.45, 2.75) is 24.9 Å². The molecule has 0 radical (unpaired) electrons. The predicted octanol–water partition coefficient (Wildman–Crippen LogP) is 2.53. The molecule has 3 rings (SSSR count). The van der Waals surface area contributed by atoms with Gasteiger partial charge in [0, 0.05) is 12.2 Å². The number of hydrogen-bond acceptors (Lipinski definition) is 4. The Morgan fingerprint density at radius 1 is 1.00 bits per heavy atom. The molecule has 0 spiro atoms. The van der Waals surface area contributed by atoms with E-state index in [9.17, 15) is 10.2 Å². The summed E-state index contributed by atoms with van der Waals surface area (Å²) in [6.45, 7) is 0.176. The van der Waals surface area contributed by atoms with Crippen LogP contribution in [0.25, 0.3) is 0 Å². The van der Waals surface area contributed by atoms with Crippen LogP contribution in [-0.4, -0.2) is 28.5 Å². The van der Waals surface area contributed by atoms with Gasteiger partial charge in [-0.3, -0.25) is 0 Å². The lowest BCUT2D eigenvalue weighted by Crippen LogP contribution is -2.13. The number of phenolic OH excluding ortho intramolecular Hbond substituents is 1. The first-order valence-electron chi connectivity index (χ1n) is 7.53. The molecule has 22 heavy (non-hydrogen) atoms. The molecule has 0 unspecified atom stereocenters. The maximum absolute atomic E-state index is 9.80. The number of ether oxygens (including phenoxy) is 1. The summed E-state index contributed by atoms with van der Waals surface area (Å²) in [7, 11) is 0. The van der Waals surface area contributed by atoms with Crippen LogP contribution in [0.15, 0.2) is 42.5 Å². The molecule has 1 heterocycles. The van der Waals surface area contributed by atoms with Crippen LogP contribution >= 0.6 is 0 Å². The molecule has 0 aliphatic carbocycles. The molecule has 0 aromatic heterocycles. The van der Waals surface area contributed by atoms with Crippen molar-refractivity contribution in [3.05, 3.63) is 59.2 Å². The van der Waals surface area contributed by atoms with Gasteiger partial charge in [-0.25, -0.2) is 0 Å². The number of rotatable bonds is 5. The highest BCUT2D eigenvalue weighted by atomic mass is 16.5. The average Bonchev–Trinajstić information content (AvgIpc) is 2.91. The zero-order valence-electron chi connectivity index (χ0n) is 12.3. The third kappa shape index (κ3) is 2.80. The van der Waals surface area contributed by atoms with Gasteiger partial charge in [-0.05, 0) is 42.2 Å². The molecule has 3 N–H and O–H groups in total. The topological polar surface area (TPSA) is 69.9 Å². The van der Waals surface area contributed by atoms with Gasteiger partial charge < -0.3 is 20.1 Å². The van der Waals surface area contributed by atoms with E-state index < -0.39 is 0 Å². The SMILES string of the molecule is OCCCc1ccc2c(c1)[C@H](CO)[C@@H](c1ccc(O)cc1)O2. The molecular weight excluding hydrogens is 280 g/mol. The van der Waals surface area contributed by atoms with Crippen LogP contribution in [0, 0.1) is 0 Å². The van der Waals surface area contributed by atoms with Gasteiger partial charge in [0.25, 0.3) is 0 Å². The van der Waals surface area contributed by atoms with Gasteiger partial charge in [-0.2, -0.15) is 0 Å². The summed E-state index contributed by atoms with van der Waals surface area (Å²) in [4.78, 5) is 0. The third-order valence-electron chi connectivity index (χ3n) is 4.13. The largest absolute Gasteiger partial charge is 0.508 e. The first-order chi connectivity index (χ1) is 10.7. The summed E-state index contributed by atoms with van der Waals surface area (Å²) in [5.74, 6) is 0.893. The van der Waals surface area contributed by atoms with E-state index in [2.05, 4.69) is 6.07 Å². The molecule has 1 aliphatic rings. The highest BCUT2D eigenvalue weighted by Crippen LogP contribution is 2.46. The highest BCUT2D eigenvalue weighted by Gasteiger charge is 2.35. The minimum atomic E-state index is -0.242. The van der Waals surface area contributed by atoms with Crippen LogP contribution in [0.3, 0.4) is 0 Å². The minimum Gasteiger partial charge on any atom is -0.508 e. The molecule has 2 atom stereocenters. The highest BCUT2D eigenvalue weighted by molar-refractivity contribution is 5.46. The van der Waals surface area contributed by atoms with E-state index >= 15 is 0 Å². The Kier molecular flexibility index (Phi) is 4.32. The maximum Gasteiger partial charge on any atom is 0.133 e. The van der Waals surface area contributed by atoms with E-state index in [0.717, 1.165) is 35.3 Å². The Balaban J connectivity index is 1.88. The number of aliphatic hydroxyl groups excluding tert-OH is 2. The van der Waals surface area contributed by atoms with Crippen LogP contribution in [0.4, 0.5) is 0 Å². The minimum absolute atomic E-state index is 0.00198. The van der Waals surface area contributed by atoms with Gasteiger partial charge in [0.15, 0.2) is 0 Å². The third-order valence-corrected chi connectivity index (χ3v) is 4.13. The molecule has 2 aromatic rings. The van der Waals surface area contributed by atoms with Crippen LogP contribution in [0.1, 0.15) is 35.1 Å². The van der Waals surface area contributed by atoms with E-state index in [1.807, 2.05) is 24.3 Å². The second kappa shape index (κ2) is 6.38. The van der Waals surface area contributed by atoms with Crippen molar-refractivity contribution in [1.82, 2.24) is 0 Å². The Morgan fingerprint density at radius 3 is 2.45 bits per heavy atom. The Bertz CT molecular complexity index is 636. The van der Waals surface area contributed by atoms with Crippen LogP contribution < -0.4 is 4.74 Å². The van der Waals surface area contributed by atoms with Crippen molar-refractivity contribution in [3.8, 4) is 11.5 Å². The normalized spacial score (nSPS) is 19.7. The lowest BCUT2D eigenvalue weighted by atomic mass is 9.90. The van der Waals surface area contributed by atoms with Crippen LogP contribution in [0.2, 0.25) is 0 Å².